The van der Waals surface area contributed by atoms with Gasteiger partial charge in [-0.1, -0.05) is 0 Å². The van der Waals surface area contributed by atoms with Crippen molar-refractivity contribution in [2.75, 3.05) is 0 Å². The number of hydrogen-bond acceptors (Lipinski definition) is 3. The maximum absolute atomic E-state index is 10.5. The van der Waals surface area contributed by atoms with Gasteiger partial charge in [0.25, 0.3) is 0 Å². The Morgan fingerprint density at radius 3 is 2.00 bits per heavy atom. The average molecular weight is 112 g/mol. The van der Waals surface area contributed by atoms with Crippen LogP contribution in [0.4, 0.5) is 0 Å². The number of rotatable bonds is 0. The van der Waals surface area contributed by atoms with E-state index < -0.39 is 0 Å². The fourth-order valence-corrected chi connectivity index (χ4v) is 0.697. The average Bonchev–Trinajstić information content (AvgIpc) is 1.98. The van der Waals surface area contributed by atoms with E-state index in [1.54, 1.807) is 0 Å². The number of hydrogen-bond donors (Lipinski definition) is 2. The largest absolute Gasteiger partial charge is 0.400 e. The molecule has 1 rings (SSSR count). The second kappa shape index (κ2) is 1.51. The molecule has 0 bridgehead atoms. The number of nitrogens with two attached hydrogens (primary N) is 2. The molecule has 44 valence electrons. The summed E-state index contributed by atoms with van der Waals surface area (Å²) in [5.41, 5.74) is 11.3. The van der Waals surface area contributed by atoms with Gasteiger partial charge in [0.05, 0.1) is 5.70 Å². The molecule has 0 radical (unpaired) electrons. The molecule has 0 aromatic heterocycles. The van der Waals surface area contributed by atoms with Gasteiger partial charge in [0.15, 0.2) is 5.78 Å². The molecule has 8 heavy (non-hydrogen) atoms. The molecule has 0 fully saturated rings. The van der Waals surface area contributed by atoms with Crippen molar-refractivity contribution in [1.29, 1.82) is 0 Å². The molecule has 0 amide bonds. The quantitative estimate of drug-likeness (QED) is 0.443. The fourth-order valence-electron chi connectivity index (χ4n) is 0.697. The van der Waals surface area contributed by atoms with Gasteiger partial charge in [-0.15, -0.1) is 0 Å². The minimum atomic E-state index is -0.0116. The molecule has 1 aliphatic rings. The van der Waals surface area contributed by atoms with Gasteiger partial charge in [0.1, 0.15) is 0 Å². The molecule has 1 aliphatic carbocycles. The van der Waals surface area contributed by atoms with Crippen molar-refractivity contribution >= 4 is 5.78 Å². The van der Waals surface area contributed by atoms with Gasteiger partial charge >= 0.3 is 0 Å². The molecular formula is C5H8N2O. The van der Waals surface area contributed by atoms with Crippen LogP contribution in [0.2, 0.25) is 0 Å². The van der Waals surface area contributed by atoms with Crippen LogP contribution in [0.15, 0.2) is 11.4 Å². The van der Waals surface area contributed by atoms with Crippen molar-refractivity contribution in [3.8, 4) is 0 Å². The first kappa shape index (κ1) is 5.15. The Kier molecular flexibility index (Phi) is 0.970. The van der Waals surface area contributed by atoms with Gasteiger partial charge in [0.2, 0.25) is 0 Å². The van der Waals surface area contributed by atoms with Crippen molar-refractivity contribution in [2.45, 2.75) is 12.8 Å². The van der Waals surface area contributed by atoms with Crippen LogP contribution >= 0.6 is 0 Å². The van der Waals surface area contributed by atoms with Gasteiger partial charge in [-0.2, -0.15) is 0 Å². The lowest BCUT2D eigenvalue weighted by molar-refractivity contribution is -0.114. The van der Waals surface area contributed by atoms with E-state index in [-0.39, 0.29) is 11.5 Å². The molecule has 0 saturated heterocycles. The van der Waals surface area contributed by atoms with Crippen molar-refractivity contribution < 1.29 is 4.79 Å². The molecule has 3 nitrogen and oxygen atoms in total. The summed E-state index contributed by atoms with van der Waals surface area (Å²) in [6.45, 7) is 0. The number of ketones is 1. The first-order valence-electron chi connectivity index (χ1n) is 2.49. The fraction of sp³-hybridized carbons (Fsp3) is 0.400. The van der Waals surface area contributed by atoms with Crippen molar-refractivity contribution in [3.05, 3.63) is 11.4 Å². The predicted molar refractivity (Wildman–Crippen MR) is 29.6 cm³/mol. The Bertz CT molecular complexity index is 160. The topological polar surface area (TPSA) is 69.1 Å². The summed E-state index contributed by atoms with van der Waals surface area (Å²) in [5.74, 6) is -0.0116. The monoisotopic (exact) mass is 112 g/mol. The zero-order chi connectivity index (χ0) is 6.15. The van der Waals surface area contributed by atoms with Crippen LogP contribution in [0.1, 0.15) is 12.8 Å². The SMILES string of the molecule is NC1=C(N)C(=O)CC1. The molecule has 0 spiro atoms. The summed E-state index contributed by atoms with van der Waals surface area (Å²) >= 11 is 0. The van der Waals surface area contributed by atoms with E-state index >= 15 is 0 Å². The second-order valence-electron chi connectivity index (χ2n) is 1.86. The van der Waals surface area contributed by atoms with E-state index in [0.29, 0.717) is 18.5 Å². The number of carbonyl (C=O) groups is 1. The van der Waals surface area contributed by atoms with Crippen LogP contribution in [0, 0.1) is 0 Å². The second-order valence-corrected chi connectivity index (χ2v) is 1.86. The number of Topliss-reactive ketones (excluding diaryl/α,β-unsaturated/α-hetero) is 1. The van der Waals surface area contributed by atoms with E-state index in [4.69, 9.17) is 11.5 Å². The highest BCUT2D eigenvalue weighted by Crippen LogP contribution is 2.13. The zero-order valence-corrected chi connectivity index (χ0v) is 4.48. The Balaban J connectivity index is 2.86. The van der Waals surface area contributed by atoms with Crippen molar-refractivity contribution in [1.82, 2.24) is 0 Å². The standard InChI is InChI=1S/C5H8N2O/c6-3-1-2-4(8)5(3)7/h1-2,6-7H2. The molecule has 3 heteroatoms. The smallest absolute Gasteiger partial charge is 0.180 e. The van der Waals surface area contributed by atoms with Gasteiger partial charge in [-0.3, -0.25) is 4.79 Å². The summed E-state index contributed by atoms with van der Waals surface area (Å²) in [6, 6.07) is 0. The molecule has 0 atom stereocenters. The third-order valence-electron chi connectivity index (χ3n) is 1.27. The minimum absolute atomic E-state index is 0.0116. The zero-order valence-electron chi connectivity index (χ0n) is 4.48. The molecular weight excluding hydrogens is 104 g/mol. The number of carbonyl (C=O) groups excluding carboxylic acids is 1. The first-order valence-corrected chi connectivity index (χ1v) is 2.49. The van der Waals surface area contributed by atoms with E-state index in [9.17, 15) is 4.79 Å². The van der Waals surface area contributed by atoms with Gasteiger partial charge in [0, 0.05) is 12.1 Å². The van der Waals surface area contributed by atoms with Gasteiger partial charge in [-0.05, 0) is 6.42 Å². The van der Waals surface area contributed by atoms with E-state index in [0.717, 1.165) is 0 Å². The lowest BCUT2D eigenvalue weighted by Gasteiger charge is -1.87. The molecule has 0 unspecified atom stereocenters. The molecule has 0 aromatic rings. The Hall–Kier alpha value is -0.990. The highest BCUT2D eigenvalue weighted by Gasteiger charge is 2.16. The molecule has 0 aliphatic heterocycles. The predicted octanol–water partition coefficient (Wildman–Crippen LogP) is -0.522. The summed E-state index contributed by atoms with van der Waals surface area (Å²) in [7, 11) is 0. The normalized spacial score (nSPS) is 20.2. The Labute approximate surface area is 47.3 Å². The van der Waals surface area contributed by atoms with Crippen molar-refractivity contribution in [2.24, 2.45) is 11.5 Å². The third-order valence-corrected chi connectivity index (χ3v) is 1.27. The van der Waals surface area contributed by atoms with Crippen LogP contribution < -0.4 is 11.5 Å². The van der Waals surface area contributed by atoms with Crippen LogP contribution in [0.5, 0.6) is 0 Å². The maximum Gasteiger partial charge on any atom is 0.180 e. The van der Waals surface area contributed by atoms with Crippen molar-refractivity contribution in [3.63, 3.8) is 0 Å². The first-order chi connectivity index (χ1) is 3.72. The highest BCUT2D eigenvalue weighted by atomic mass is 16.1. The Morgan fingerprint density at radius 2 is 1.88 bits per heavy atom. The lowest BCUT2D eigenvalue weighted by Crippen LogP contribution is -2.09. The van der Waals surface area contributed by atoms with Crippen LogP contribution in [0.3, 0.4) is 0 Å². The minimum Gasteiger partial charge on any atom is -0.400 e. The van der Waals surface area contributed by atoms with Gasteiger partial charge < -0.3 is 11.5 Å². The molecule has 0 saturated carbocycles. The third kappa shape index (κ3) is 0.559. The van der Waals surface area contributed by atoms with Crippen LogP contribution in [0.25, 0.3) is 0 Å². The van der Waals surface area contributed by atoms with E-state index in [2.05, 4.69) is 0 Å². The van der Waals surface area contributed by atoms with Crippen LogP contribution in [-0.2, 0) is 4.79 Å². The Morgan fingerprint density at radius 1 is 1.25 bits per heavy atom. The summed E-state index contributed by atoms with van der Waals surface area (Å²) < 4.78 is 0. The van der Waals surface area contributed by atoms with E-state index in [1.807, 2.05) is 0 Å². The maximum atomic E-state index is 10.5. The van der Waals surface area contributed by atoms with E-state index in [1.165, 1.54) is 0 Å². The summed E-state index contributed by atoms with van der Waals surface area (Å²) in [6.07, 6.45) is 1.14. The molecule has 0 heterocycles. The number of allylic oxidation sites excluding steroid dienone is 2. The summed E-state index contributed by atoms with van der Waals surface area (Å²) in [5, 5.41) is 0. The highest BCUT2D eigenvalue weighted by molar-refractivity contribution is 5.97. The van der Waals surface area contributed by atoms with Crippen LogP contribution in [-0.4, -0.2) is 5.78 Å². The lowest BCUT2D eigenvalue weighted by atomic mass is 10.3. The summed E-state index contributed by atoms with van der Waals surface area (Å²) in [4.78, 5) is 10.5. The molecule has 0 aromatic carbocycles. The molecule has 4 N–H and O–H groups in total. The van der Waals surface area contributed by atoms with Gasteiger partial charge in [-0.25, -0.2) is 0 Å².